The summed E-state index contributed by atoms with van der Waals surface area (Å²) in [6.45, 7) is 0.200. The molecule has 1 unspecified atom stereocenters. The van der Waals surface area contributed by atoms with E-state index in [9.17, 15) is 4.79 Å². The molecule has 1 aromatic heterocycles. The molecule has 6 nitrogen and oxygen atoms in total. The van der Waals surface area contributed by atoms with E-state index in [0.29, 0.717) is 11.7 Å². The number of carbonyl (C=O) groups is 1. The predicted octanol–water partition coefficient (Wildman–Crippen LogP) is 1.79. The zero-order valence-corrected chi connectivity index (χ0v) is 12.5. The van der Waals surface area contributed by atoms with E-state index in [1.807, 2.05) is 6.07 Å². The highest BCUT2D eigenvalue weighted by atomic mass is 35.5. The standard InChI is InChI=1S/C13H22N4O2.ClH/c1-19-8-10(14)13(18)15-12-7-11(16-17-12)9-5-3-2-4-6-9;/h7,9-10H,2-6,8,14H2,1H3,(H2,15,16,17,18);1H. The minimum Gasteiger partial charge on any atom is -0.383 e. The summed E-state index contributed by atoms with van der Waals surface area (Å²) in [7, 11) is 1.52. The number of hydrogen-bond donors (Lipinski definition) is 3. The van der Waals surface area contributed by atoms with Crippen molar-refractivity contribution in [3.05, 3.63) is 11.8 Å². The van der Waals surface area contributed by atoms with Gasteiger partial charge in [0, 0.05) is 24.8 Å². The first-order chi connectivity index (χ1) is 9.20. The molecule has 7 heteroatoms. The number of hydrogen-bond acceptors (Lipinski definition) is 4. The van der Waals surface area contributed by atoms with Crippen molar-refractivity contribution >= 4 is 24.1 Å². The summed E-state index contributed by atoms with van der Waals surface area (Å²) < 4.78 is 4.85. The molecule has 4 N–H and O–H groups in total. The maximum atomic E-state index is 11.7. The maximum Gasteiger partial charge on any atom is 0.244 e. The van der Waals surface area contributed by atoms with Gasteiger partial charge in [-0.05, 0) is 12.8 Å². The van der Waals surface area contributed by atoms with Crippen molar-refractivity contribution in [2.75, 3.05) is 19.0 Å². The lowest BCUT2D eigenvalue weighted by Crippen LogP contribution is -2.39. The second kappa shape index (κ2) is 8.24. The van der Waals surface area contributed by atoms with Gasteiger partial charge < -0.3 is 15.8 Å². The van der Waals surface area contributed by atoms with Crippen LogP contribution in [0.5, 0.6) is 0 Å². The normalized spacial score (nSPS) is 17.3. The molecule has 1 saturated carbocycles. The van der Waals surface area contributed by atoms with Crippen LogP contribution in [0.25, 0.3) is 0 Å². The van der Waals surface area contributed by atoms with Crippen LogP contribution in [0.1, 0.15) is 43.7 Å². The second-order valence-electron chi connectivity index (χ2n) is 5.09. The second-order valence-corrected chi connectivity index (χ2v) is 5.09. The molecular weight excluding hydrogens is 280 g/mol. The van der Waals surface area contributed by atoms with Gasteiger partial charge in [0.05, 0.1) is 6.61 Å². The Hall–Kier alpha value is -1.11. The Morgan fingerprint density at radius 3 is 2.90 bits per heavy atom. The first-order valence-corrected chi connectivity index (χ1v) is 6.81. The smallest absolute Gasteiger partial charge is 0.244 e. The van der Waals surface area contributed by atoms with Gasteiger partial charge in [0.2, 0.25) is 5.91 Å². The van der Waals surface area contributed by atoms with E-state index in [2.05, 4.69) is 15.5 Å². The molecule has 2 rings (SSSR count). The first kappa shape index (κ1) is 16.9. The molecule has 1 fully saturated rings. The Bertz CT molecular complexity index is 418. The van der Waals surface area contributed by atoms with E-state index < -0.39 is 6.04 Å². The van der Waals surface area contributed by atoms with Crippen molar-refractivity contribution in [3.8, 4) is 0 Å². The zero-order chi connectivity index (χ0) is 13.7. The van der Waals surface area contributed by atoms with E-state index >= 15 is 0 Å². The lowest BCUT2D eigenvalue weighted by molar-refractivity contribution is -0.118. The minimum absolute atomic E-state index is 0. The SMILES string of the molecule is COCC(N)C(=O)Nc1cc(C2CCCCC2)[nH]n1.Cl. The molecular formula is C13H23ClN4O2. The maximum absolute atomic E-state index is 11.7. The van der Waals surface area contributed by atoms with Crippen molar-refractivity contribution in [1.29, 1.82) is 0 Å². The number of halogens is 1. The minimum atomic E-state index is -0.667. The molecule has 1 aliphatic rings. The fourth-order valence-corrected chi connectivity index (χ4v) is 2.50. The molecule has 1 atom stereocenters. The Labute approximate surface area is 125 Å². The Morgan fingerprint density at radius 1 is 1.55 bits per heavy atom. The number of carbonyl (C=O) groups excluding carboxylic acids is 1. The molecule has 114 valence electrons. The van der Waals surface area contributed by atoms with E-state index in [-0.39, 0.29) is 24.9 Å². The van der Waals surface area contributed by atoms with Gasteiger partial charge in [0.25, 0.3) is 0 Å². The van der Waals surface area contributed by atoms with Crippen LogP contribution in [0.15, 0.2) is 6.07 Å². The van der Waals surface area contributed by atoms with Gasteiger partial charge >= 0.3 is 0 Å². The molecule has 1 heterocycles. The number of amides is 1. The number of ether oxygens (including phenoxy) is 1. The summed E-state index contributed by atoms with van der Waals surface area (Å²) in [5, 5.41) is 9.84. The largest absolute Gasteiger partial charge is 0.383 e. The topological polar surface area (TPSA) is 93.0 Å². The molecule has 1 aliphatic carbocycles. The fourth-order valence-electron chi connectivity index (χ4n) is 2.50. The number of rotatable bonds is 5. The number of methoxy groups -OCH3 is 1. The third-order valence-electron chi connectivity index (χ3n) is 3.58. The number of anilines is 1. The van der Waals surface area contributed by atoms with Gasteiger partial charge in [0.15, 0.2) is 5.82 Å². The molecule has 0 spiro atoms. The zero-order valence-electron chi connectivity index (χ0n) is 11.7. The van der Waals surface area contributed by atoms with Crippen LogP contribution in [0.2, 0.25) is 0 Å². The highest BCUT2D eigenvalue weighted by Gasteiger charge is 2.19. The average Bonchev–Trinajstić information content (AvgIpc) is 2.88. The first-order valence-electron chi connectivity index (χ1n) is 6.81. The van der Waals surface area contributed by atoms with Crippen molar-refractivity contribution in [3.63, 3.8) is 0 Å². The van der Waals surface area contributed by atoms with Crippen molar-refractivity contribution < 1.29 is 9.53 Å². The van der Waals surface area contributed by atoms with Crippen LogP contribution in [0.3, 0.4) is 0 Å². The quantitative estimate of drug-likeness (QED) is 0.773. The van der Waals surface area contributed by atoms with Gasteiger partial charge in [-0.2, -0.15) is 5.10 Å². The van der Waals surface area contributed by atoms with Gasteiger partial charge in [0.1, 0.15) is 6.04 Å². The summed E-state index contributed by atoms with van der Waals surface area (Å²) >= 11 is 0. The lowest BCUT2D eigenvalue weighted by Gasteiger charge is -2.19. The van der Waals surface area contributed by atoms with Crippen LogP contribution in [0, 0.1) is 0 Å². The third kappa shape index (κ3) is 4.47. The van der Waals surface area contributed by atoms with Crippen LogP contribution < -0.4 is 11.1 Å². The molecule has 1 amide bonds. The van der Waals surface area contributed by atoms with Gasteiger partial charge in [-0.25, -0.2) is 0 Å². The summed E-state index contributed by atoms with van der Waals surface area (Å²) in [5.41, 5.74) is 6.76. The van der Waals surface area contributed by atoms with Crippen LogP contribution in [-0.4, -0.2) is 35.9 Å². The number of nitrogens with one attached hydrogen (secondary N) is 2. The van der Waals surface area contributed by atoms with Crippen LogP contribution >= 0.6 is 12.4 Å². The fraction of sp³-hybridized carbons (Fsp3) is 0.692. The van der Waals surface area contributed by atoms with Gasteiger partial charge in [-0.1, -0.05) is 19.3 Å². The average molecular weight is 303 g/mol. The summed E-state index contributed by atoms with van der Waals surface area (Å²) in [6.07, 6.45) is 6.24. The van der Waals surface area contributed by atoms with E-state index in [1.54, 1.807) is 0 Å². The number of aromatic amines is 1. The molecule has 0 aliphatic heterocycles. The van der Waals surface area contributed by atoms with E-state index in [4.69, 9.17) is 10.5 Å². The van der Waals surface area contributed by atoms with Crippen LogP contribution in [0.4, 0.5) is 5.82 Å². The van der Waals surface area contributed by atoms with Gasteiger partial charge in [-0.3, -0.25) is 9.89 Å². The number of H-pyrrole nitrogens is 1. The molecule has 20 heavy (non-hydrogen) atoms. The number of nitrogens with two attached hydrogens (primary N) is 1. The summed E-state index contributed by atoms with van der Waals surface area (Å²) in [6, 6.07) is 1.24. The van der Waals surface area contributed by atoms with E-state index in [1.165, 1.54) is 39.2 Å². The highest BCUT2D eigenvalue weighted by molar-refractivity contribution is 5.94. The Morgan fingerprint density at radius 2 is 2.25 bits per heavy atom. The van der Waals surface area contributed by atoms with Crippen LogP contribution in [-0.2, 0) is 9.53 Å². The number of nitrogens with zero attached hydrogens (tertiary/aromatic N) is 1. The Balaban J connectivity index is 0.00000200. The lowest BCUT2D eigenvalue weighted by atomic mass is 9.87. The molecule has 0 bridgehead atoms. The van der Waals surface area contributed by atoms with Gasteiger partial charge in [-0.15, -0.1) is 12.4 Å². The third-order valence-corrected chi connectivity index (χ3v) is 3.58. The molecule has 1 aromatic rings. The molecule has 0 radical (unpaired) electrons. The predicted molar refractivity (Wildman–Crippen MR) is 80.1 cm³/mol. The van der Waals surface area contributed by atoms with E-state index in [0.717, 1.165) is 5.69 Å². The molecule has 0 saturated heterocycles. The van der Waals surface area contributed by atoms with Crippen molar-refractivity contribution in [1.82, 2.24) is 10.2 Å². The summed E-state index contributed by atoms with van der Waals surface area (Å²) in [4.78, 5) is 11.7. The van der Waals surface area contributed by atoms with Crippen molar-refractivity contribution in [2.45, 2.75) is 44.1 Å². The number of aromatic nitrogens is 2. The summed E-state index contributed by atoms with van der Waals surface area (Å²) in [5.74, 6) is 0.806. The Kier molecular flexibility index (Phi) is 6.98. The van der Waals surface area contributed by atoms with Crippen molar-refractivity contribution in [2.24, 2.45) is 5.73 Å². The highest BCUT2D eigenvalue weighted by Crippen LogP contribution is 2.32. The monoisotopic (exact) mass is 302 g/mol. The molecule has 0 aromatic carbocycles.